The van der Waals surface area contributed by atoms with Crippen LogP contribution in [0.15, 0.2) is 0 Å². The van der Waals surface area contributed by atoms with Crippen LogP contribution in [0.4, 0.5) is 0 Å². The van der Waals surface area contributed by atoms with Gasteiger partial charge in [0.1, 0.15) is 43.5 Å². The van der Waals surface area contributed by atoms with E-state index in [1.54, 1.807) is 0 Å². The van der Waals surface area contributed by atoms with Gasteiger partial charge in [-0.05, 0) is 0 Å². The molecule has 1 aliphatic heterocycles. The normalized spacial score (nSPS) is 34.1. The fourth-order valence-corrected chi connectivity index (χ4v) is 2.80. The van der Waals surface area contributed by atoms with Gasteiger partial charge >= 0.3 is 10.4 Å². The van der Waals surface area contributed by atoms with Crippen LogP contribution in [0, 0.1) is 0 Å². The Bertz CT molecular complexity index is 402. The van der Waals surface area contributed by atoms with E-state index in [1.165, 1.54) is 0 Å². The summed E-state index contributed by atoms with van der Waals surface area (Å²) < 4.78 is 33.7. The molecule has 120 valence electrons. The SMILES string of the molecule is O=S(=O)(O)O[C@@H](CO)[C@H](O)C[NH+]1C[C@@H](O)[C@H](O)[C@H]1CO. The minimum atomic E-state index is -4.83. The van der Waals surface area contributed by atoms with E-state index < -0.39 is 54.1 Å². The van der Waals surface area contributed by atoms with Crippen LogP contribution in [0.25, 0.3) is 0 Å². The summed E-state index contributed by atoms with van der Waals surface area (Å²) in [6.07, 6.45) is -5.31. The van der Waals surface area contributed by atoms with Crippen LogP contribution in [0.5, 0.6) is 0 Å². The van der Waals surface area contributed by atoms with Gasteiger partial charge in [-0.2, -0.15) is 8.42 Å². The second kappa shape index (κ2) is 7.06. The zero-order valence-electron chi connectivity index (χ0n) is 10.5. The summed E-state index contributed by atoms with van der Waals surface area (Å²) in [7, 11) is -4.83. The molecule has 0 aromatic rings. The van der Waals surface area contributed by atoms with Crippen LogP contribution in [0.1, 0.15) is 0 Å². The Morgan fingerprint density at radius 2 is 1.90 bits per heavy atom. The van der Waals surface area contributed by atoms with Crippen LogP contribution in [-0.4, -0.2) is 95.3 Å². The Kier molecular flexibility index (Phi) is 6.25. The van der Waals surface area contributed by atoms with Crippen LogP contribution in [0.3, 0.4) is 0 Å². The molecule has 1 unspecified atom stereocenters. The molecule has 0 aromatic carbocycles. The third kappa shape index (κ3) is 4.58. The number of hydrogen-bond donors (Lipinski definition) is 7. The Hall–Kier alpha value is -0.370. The van der Waals surface area contributed by atoms with E-state index >= 15 is 0 Å². The van der Waals surface area contributed by atoms with Gasteiger partial charge in [0.25, 0.3) is 0 Å². The first kappa shape index (κ1) is 17.7. The van der Waals surface area contributed by atoms with Crippen molar-refractivity contribution in [1.82, 2.24) is 0 Å². The Labute approximate surface area is 115 Å². The minimum absolute atomic E-state index is 0.0352. The molecule has 0 saturated carbocycles. The summed E-state index contributed by atoms with van der Waals surface area (Å²) in [5, 5.41) is 46.9. The molecule has 1 saturated heterocycles. The van der Waals surface area contributed by atoms with E-state index in [-0.39, 0.29) is 13.1 Å². The van der Waals surface area contributed by atoms with Crippen LogP contribution in [-0.2, 0) is 14.6 Å². The molecule has 10 nitrogen and oxygen atoms in total. The summed E-state index contributed by atoms with van der Waals surface area (Å²) in [6, 6.07) is -0.746. The molecule has 6 atom stereocenters. The molecule has 20 heavy (non-hydrogen) atoms. The maximum Gasteiger partial charge on any atom is 0.397 e. The average molecular weight is 318 g/mol. The third-order valence-corrected chi connectivity index (χ3v) is 3.81. The summed E-state index contributed by atoms with van der Waals surface area (Å²) in [4.78, 5) is 0.428. The Morgan fingerprint density at radius 1 is 1.30 bits per heavy atom. The average Bonchev–Trinajstić information content (AvgIpc) is 2.60. The lowest BCUT2D eigenvalue weighted by Crippen LogP contribution is -3.16. The smallest absolute Gasteiger partial charge is 0.394 e. The van der Waals surface area contributed by atoms with E-state index in [2.05, 4.69) is 4.18 Å². The largest absolute Gasteiger partial charge is 0.397 e. The fraction of sp³-hybridized carbons (Fsp3) is 1.00. The van der Waals surface area contributed by atoms with Gasteiger partial charge in [-0.3, -0.25) is 4.55 Å². The topological polar surface area (TPSA) is 169 Å². The van der Waals surface area contributed by atoms with Crippen molar-refractivity contribution in [3.05, 3.63) is 0 Å². The molecule has 11 heteroatoms. The lowest BCUT2D eigenvalue weighted by molar-refractivity contribution is -0.918. The van der Waals surface area contributed by atoms with Crippen LogP contribution in [0.2, 0.25) is 0 Å². The number of aliphatic hydroxyl groups is 5. The number of aliphatic hydroxyl groups excluding tert-OH is 5. The van der Waals surface area contributed by atoms with Crippen molar-refractivity contribution < 1.29 is 47.6 Å². The van der Waals surface area contributed by atoms with Crippen molar-refractivity contribution in [1.29, 1.82) is 0 Å². The molecule has 1 heterocycles. The van der Waals surface area contributed by atoms with Gasteiger partial charge in [-0.1, -0.05) is 0 Å². The first-order valence-corrected chi connectivity index (χ1v) is 7.32. The first-order valence-electron chi connectivity index (χ1n) is 5.95. The highest BCUT2D eigenvalue weighted by Gasteiger charge is 2.45. The molecular formula is C9H20NO9S+. The molecule has 1 aliphatic rings. The second-order valence-corrected chi connectivity index (χ2v) is 5.77. The van der Waals surface area contributed by atoms with Crippen LogP contribution < -0.4 is 4.90 Å². The number of nitrogens with one attached hydrogen (secondary N) is 1. The van der Waals surface area contributed by atoms with E-state index in [4.69, 9.17) is 14.8 Å². The fourth-order valence-electron chi connectivity index (χ4n) is 2.29. The van der Waals surface area contributed by atoms with Gasteiger partial charge in [-0.25, -0.2) is 4.18 Å². The number of hydrogen-bond acceptors (Lipinski definition) is 8. The van der Waals surface area contributed by atoms with Crippen molar-refractivity contribution in [3.63, 3.8) is 0 Å². The highest BCUT2D eigenvalue weighted by atomic mass is 32.3. The zero-order chi connectivity index (χ0) is 15.5. The second-order valence-electron chi connectivity index (χ2n) is 4.73. The van der Waals surface area contributed by atoms with Gasteiger partial charge < -0.3 is 30.4 Å². The van der Waals surface area contributed by atoms with Crippen LogP contribution >= 0.6 is 0 Å². The molecule has 0 bridgehead atoms. The van der Waals surface area contributed by atoms with Gasteiger partial charge in [-0.15, -0.1) is 0 Å². The van der Waals surface area contributed by atoms with Gasteiger partial charge in [0.15, 0.2) is 0 Å². The monoisotopic (exact) mass is 318 g/mol. The van der Waals surface area contributed by atoms with Crippen molar-refractivity contribution in [3.8, 4) is 0 Å². The number of quaternary nitrogens is 1. The minimum Gasteiger partial charge on any atom is -0.394 e. The Balaban J connectivity index is 2.66. The molecule has 1 rings (SSSR count). The third-order valence-electron chi connectivity index (χ3n) is 3.32. The van der Waals surface area contributed by atoms with Crippen molar-refractivity contribution in [2.24, 2.45) is 0 Å². The summed E-state index contributed by atoms with van der Waals surface area (Å²) in [5.41, 5.74) is 0. The predicted octanol–water partition coefficient (Wildman–Crippen LogP) is -5.49. The summed E-state index contributed by atoms with van der Waals surface area (Å²) in [5.74, 6) is 0. The van der Waals surface area contributed by atoms with Crippen molar-refractivity contribution in [2.75, 3.05) is 26.3 Å². The molecule has 0 aromatic heterocycles. The van der Waals surface area contributed by atoms with E-state index in [0.717, 1.165) is 0 Å². The number of rotatable bonds is 7. The van der Waals surface area contributed by atoms with Crippen molar-refractivity contribution in [2.45, 2.75) is 30.5 Å². The van der Waals surface area contributed by atoms with E-state index in [1.807, 2.05) is 0 Å². The molecule has 0 radical (unpaired) electrons. The standard InChI is InChI=1S/C9H19NO9S/c11-3-5-9(15)7(14)2-10(5)1-6(13)8(4-12)19-20(16,17)18/h5-9,11-15H,1-4H2,(H,16,17,18)/p+1/t5-,6-,7-,8+,9-/m1/s1. The molecule has 0 amide bonds. The highest BCUT2D eigenvalue weighted by Crippen LogP contribution is 2.06. The Morgan fingerprint density at radius 3 is 2.35 bits per heavy atom. The van der Waals surface area contributed by atoms with E-state index in [9.17, 15) is 23.7 Å². The summed E-state index contributed by atoms with van der Waals surface area (Å²) >= 11 is 0. The maximum atomic E-state index is 10.6. The first-order chi connectivity index (χ1) is 9.19. The van der Waals surface area contributed by atoms with Gasteiger partial charge in [0, 0.05) is 0 Å². The lowest BCUT2D eigenvalue weighted by Gasteiger charge is -2.26. The molecule has 1 fully saturated rings. The summed E-state index contributed by atoms with van der Waals surface area (Å²) in [6.45, 7) is -1.46. The number of likely N-dealkylation sites (tertiary alicyclic amines) is 1. The van der Waals surface area contributed by atoms with E-state index in [0.29, 0.717) is 4.90 Å². The molecular weight excluding hydrogens is 298 g/mol. The zero-order valence-corrected chi connectivity index (χ0v) is 11.3. The predicted molar refractivity (Wildman–Crippen MR) is 63.1 cm³/mol. The highest BCUT2D eigenvalue weighted by molar-refractivity contribution is 7.80. The van der Waals surface area contributed by atoms with Crippen molar-refractivity contribution >= 4 is 10.4 Å². The molecule has 7 N–H and O–H groups in total. The van der Waals surface area contributed by atoms with Gasteiger partial charge in [0.05, 0.1) is 13.2 Å². The molecule has 0 aliphatic carbocycles. The lowest BCUT2D eigenvalue weighted by atomic mass is 10.1. The quantitative estimate of drug-likeness (QED) is 0.226. The van der Waals surface area contributed by atoms with Gasteiger partial charge in [0.2, 0.25) is 0 Å². The maximum absolute atomic E-state index is 10.6. The molecule has 0 spiro atoms.